The fourth-order valence-corrected chi connectivity index (χ4v) is 3.22. The van der Waals surface area contributed by atoms with E-state index in [1.165, 1.54) is 9.35 Å². The molecule has 0 amide bonds. The van der Waals surface area contributed by atoms with E-state index in [0.717, 1.165) is 13.0 Å². The summed E-state index contributed by atoms with van der Waals surface area (Å²) in [5.74, 6) is 0. The second-order valence-corrected chi connectivity index (χ2v) is 5.31. The van der Waals surface area contributed by atoms with Crippen LogP contribution >= 0.6 is 27.3 Å². The average molecular weight is 292 g/mol. The molecular formula is C11H18BrNOS. The van der Waals surface area contributed by atoms with Gasteiger partial charge in [-0.3, -0.25) is 0 Å². The second-order valence-electron chi connectivity index (χ2n) is 3.51. The number of ether oxygens (including phenoxy) is 1. The van der Waals surface area contributed by atoms with Crippen molar-refractivity contribution in [1.29, 1.82) is 0 Å². The SMILES string of the molecule is CCCNC(c1sccc1Br)C(C)OC. The summed E-state index contributed by atoms with van der Waals surface area (Å²) >= 11 is 5.33. The van der Waals surface area contributed by atoms with Crippen molar-refractivity contribution in [3.8, 4) is 0 Å². The molecule has 1 N–H and O–H groups in total. The molecule has 0 saturated carbocycles. The van der Waals surface area contributed by atoms with Gasteiger partial charge in [0.2, 0.25) is 0 Å². The summed E-state index contributed by atoms with van der Waals surface area (Å²) in [6.07, 6.45) is 1.32. The molecule has 0 aliphatic heterocycles. The predicted molar refractivity (Wildman–Crippen MR) is 69.5 cm³/mol. The highest BCUT2D eigenvalue weighted by atomic mass is 79.9. The standard InChI is InChI=1S/C11H18BrNOS/c1-4-6-13-10(8(2)14-3)11-9(12)5-7-15-11/h5,7-8,10,13H,4,6H2,1-3H3. The van der Waals surface area contributed by atoms with Gasteiger partial charge in [-0.1, -0.05) is 6.92 Å². The van der Waals surface area contributed by atoms with Crippen LogP contribution in [0.5, 0.6) is 0 Å². The van der Waals surface area contributed by atoms with E-state index in [9.17, 15) is 0 Å². The first-order chi connectivity index (χ1) is 7.20. The van der Waals surface area contributed by atoms with E-state index in [1.807, 2.05) is 0 Å². The third-order valence-electron chi connectivity index (χ3n) is 2.38. The molecule has 0 bridgehead atoms. The molecule has 1 aromatic rings. The van der Waals surface area contributed by atoms with Crippen molar-refractivity contribution in [2.45, 2.75) is 32.4 Å². The minimum Gasteiger partial charge on any atom is -0.380 e. The first-order valence-corrected chi connectivity index (χ1v) is 6.87. The first kappa shape index (κ1) is 13.2. The Hall–Kier alpha value is 0.1000. The lowest BCUT2D eigenvalue weighted by Crippen LogP contribution is -2.31. The van der Waals surface area contributed by atoms with E-state index in [1.54, 1.807) is 18.4 Å². The smallest absolute Gasteiger partial charge is 0.0746 e. The molecule has 0 aromatic carbocycles. The topological polar surface area (TPSA) is 21.3 Å². The maximum atomic E-state index is 5.41. The zero-order valence-electron chi connectivity index (χ0n) is 9.42. The molecular weight excluding hydrogens is 274 g/mol. The molecule has 0 fully saturated rings. The summed E-state index contributed by atoms with van der Waals surface area (Å²) < 4.78 is 6.58. The van der Waals surface area contributed by atoms with E-state index < -0.39 is 0 Å². The minimum absolute atomic E-state index is 0.187. The van der Waals surface area contributed by atoms with Crippen molar-refractivity contribution in [3.05, 3.63) is 20.8 Å². The largest absolute Gasteiger partial charge is 0.380 e. The molecule has 86 valence electrons. The maximum absolute atomic E-state index is 5.41. The van der Waals surface area contributed by atoms with Crippen LogP contribution in [0.15, 0.2) is 15.9 Å². The number of methoxy groups -OCH3 is 1. The molecule has 0 radical (unpaired) electrons. The van der Waals surface area contributed by atoms with Crippen molar-refractivity contribution >= 4 is 27.3 Å². The summed E-state index contributed by atoms with van der Waals surface area (Å²) in [4.78, 5) is 1.32. The Balaban J connectivity index is 2.76. The monoisotopic (exact) mass is 291 g/mol. The van der Waals surface area contributed by atoms with Crippen LogP contribution in [-0.4, -0.2) is 19.8 Å². The number of hydrogen-bond acceptors (Lipinski definition) is 3. The van der Waals surface area contributed by atoms with Gasteiger partial charge in [0.05, 0.1) is 12.1 Å². The highest BCUT2D eigenvalue weighted by Gasteiger charge is 2.21. The second kappa shape index (κ2) is 6.63. The van der Waals surface area contributed by atoms with Gasteiger partial charge in [-0.05, 0) is 47.3 Å². The predicted octanol–water partition coefficient (Wildman–Crippen LogP) is 3.59. The molecule has 0 aliphatic carbocycles. The zero-order chi connectivity index (χ0) is 11.3. The van der Waals surface area contributed by atoms with Crippen LogP contribution < -0.4 is 5.32 Å². The Kier molecular flexibility index (Phi) is 5.82. The third-order valence-corrected chi connectivity index (χ3v) is 4.34. The fraction of sp³-hybridized carbons (Fsp3) is 0.636. The Morgan fingerprint density at radius 3 is 2.80 bits per heavy atom. The Labute approximate surface area is 104 Å². The van der Waals surface area contributed by atoms with Crippen LogP contribution in [0.25, 0.3) is 0 Å². The summed E-state index contributed by atoms with van der Waals surface area (Å²) in [6, 6.07) is 2.37. The van der Waals surface area contributed by atoms with Crippen molar-refractivity contribution < 1.29 is 4.74 Å². The number of halogens is 1. The minimum atomic E-state index is 0.187. The average Bonchev–Trinajstić information content (AvgIpc) is 2.65. The van der Waals surface area contributed by atoms with E-state index >= 15 is 0 Å². The van der Waals surface area contributed by atoms with Gasteiger partial charge in [0.1, 0.15) is 0 Å². The quantitative estimate of drug-likeness (QED) is 0.865. The molecule has 1 rings (SSSR count). The highest BCUT2D eigenvalue weighted by Crippen LogP contribution is 2.31. The Bertz CT molecular complexity index is 290. The van der Waals surface area contributed by atoms with Gasteiger partial charge in [0, 0.05) is 16.5 Å². The van der Waals surface area contributed by atoms with Gasteiger partial charge in [-0.2, -0.15) is 0 Å². The third kappa shape index (κ3) is 3.55. The number of nitrogens with one attached hydrogen (secondary N) is 1. The molecule has 2 atom stereocenters. The van der Waals surface area contributed by atoms with E-state index in [2.05, 4.69) is 46.5 Å². The normalized spacial score (nSPS) is 15.2. The molecule has 0 aliphatic rings. The zero-order valence-corrected chi connectivity index (χ0v) is 11.8. The van der Waals surface area contributed by atoms with Gasteiger partial charge < -0.3 is 10.1 Å². The van der Waals surface area contributed by atoms with E-state index in [4.69, 9.17) is 4.74 Å². The molecule has 0 saturated heterocycles. The van der Waals surface area contributed by atoms with Crippen LogP contribution in [0, 0.1) is 0 Å². The van der Waals surface area contributed by atoms with Crippen LogP contribution in [-0.2, 0) is 4.74 Å². The molecule has 2 unspecified atom stereocenters. The van der Waals surface area contributed by atoms with Gasteiger partial charge >= 0.3 is 0 Å². The lowest BCUT2D eigenvalue weighted by atomic mass is 10.1. The highest BCUT2D eigenvalue weighted by molar-refractivity contribution is 9.10. The van der Waals surface area contributed by atoms with Crippen molar-refractivity contribution in [2.24, 2.45) is 0 Å². The molecule has 0 spiro atoms. The van der Waals surface area contributed by atoms with E-state index in [-0.39, 0.29) is 12.1 Å². The molecule has 1 aromatic heterocycles. The molecule has 4 heteroatoms. The number of thiophene rings is 1. The summed E-state index contributed by atoms with van der Waals surface area (Å²) in [7, 11) is 1.76. The van der Waals surface area contributed by atoms with Gasteiger partial charge in [0.15, 0.2) is 0 Å². The van der Waals surface area contributed by atoms with Gasteiger partial charge in [-0.25, -0.2) is 0 Å². The fourth-order valence-electron chi connectivity index (χ4n) is 1.44. The summed E-state index contributed by atoms with van der Waals surface area (Å²) in [6.45, 7) is 5.28. The van der Waals surface area contributed by atoms with Crippen molar-refractivity contribution in [1.82, 2.24) is 5.32 Å². The van der Waals surface area contributed by atoms with Crippen molar-refractivity contribution in [2.75, 3.05) is 13.7 Å². The lowest BCUT2D eigenvalue weighted by molar-refractivity contribution is 0.0839. The molecule has 1 heterocycles. The molecule has 2 nitrogen and oxygen atoms in total. The van der Waals surface area contributed by atoms with Gasteiger partial charge in [0.25, 0.3) is 0 Å². The Morgan fingerprint density at radius 1 is 1.60 bits per heavy atom. The number of hydrogen-bond donors (Lipinski definition) is 1. The lowest BCUT2D eigenvalue weighted by Gasteiger charge is -2.23. The summed E-state index contributed by atoms with van der Waals surface area (Å²) in [5, 5.41) is 5.62. The van der Waals surface area contributed by atoms with Crippen LogP contribution in [0.3, 0.4) is 0 Å². The van der Waals surface area contributed by atoms with Crippen LogP contribution in [0.1, 0.15) is 31.2 Å². The number of rotatable bonds is 6. The van der Waals surface area contributed by atoms with Crippen LogP contribution in [0.2, 0.25) is 0 Å². The Morgan fingerprint density at radius 2 is 2.33 bits per heavy atom. The van der Waals surface area contributed by atoms with Crippen molar-refractivity contribution in [3.63, 3.8) is 0 Å². The van der Waals surface area contributed by atoms with Crippen LogP contribution in [0.4, 0.5) is 0 Å². The molecule has 15 heavy (non-hydrogen) atoms. The van der Waals surface area contributed by atoms with E-state index in [0.29, 0.717) is 0 Å². The van der Waals surface area contributed by atoms with Gasteiger partial charge in [-0.15, -0.1) is 11.3 Å². The maximum Gasteiger partial charge on any atom is 0.0746 e. The first-order valence-electron chi connectivity index (χ1n) is 5.19. The summed E-state index contributed by atoms with van der Waals surface area (Å²) in [5.41, 5.74) is 0.